The van der Waals surface area contributed by atoms with Gasteiger partial charge in [-0.25, -0.2) is 0 Å². The Hall–Kier alpha value is -0.650. The summed E-state index contributed by atoms with van der Waals surface area (Å²) in [6, 6.07) is 0. The Balaban J connectivity index is 1.91. The summed E-state index contributed by atoms with van der Waals surface area (Å²) in [4.78, 5) is 5.06. The highest BCUT2D eigenvalue weighted by atomic mass is 16.8. The lowest BCUT2D eigenvalue weighted by atomic mass is 9.82. The average Bonchev–Trinajstić information content (AvgIpc) is 2.67. The molecule has 3 rings (SSSR count). The molecule has 2 heterocycles. The average molecular weight is 213 g/mol. The van der Waals surface area contributed by atoms with Crippen LogP contribution in [-0.4, -0.2) is 41.5 Å². The first-order valence-electron chi connectivity index (χ1n) is 5.30. The molecule has 0 bridgehead atoms. The van der Waals surface area contributed by atoms with E-state index in [9.17, 15) is 5.11 Å². The molecule has 0 unspecified atom stereocenters. The normalized spacial score (nSPS) is 46.7. The Morgan fingerprint density at radius 2 is 2.20 bits per heavy atom. The van der Waals surface area contributed by atoms with E-state index in [2.05, 4.69) is 5.16 Å². The summed E-state index contributed by atoms with van der Waals surface area (Å²) in [5, 5.41) is 13.9. The van der Waals surface area contributed by atoms with Gasteiger partial charge in [0.15, 0.2) is 5.79 Å². The van der Waals surface area contributed by atoms with Crippen molar-refractivity contribution in [2.24, 2.45) is 11.1 Å². The molecule has 0 aromatic carbocycles. The molecule has 0 radical (unpaired) electrons. The SMILES string of the molecule is CC1(C)O[C@H]2[C@H](O)C[C@H]3CON=C3[C@H]2O1. The number of nitrogens with zero attached hydrogens (tertiary/aromatic N) is 1. The smallest absolute Gasteiger partial charge is 0.164 e. The quantitative estimate of drug-likeness (QED) is 0.627. The zero-order chi connectivity index (χ0) is 10.6. The van der Waals surface area contributed by atoms with Gasteiger partial charge >= 0.3 is 0 Å². The number of oxime groups is 1. The molecule has 5 heteroatoms. The highest BCUT2D eigenvalue weighted by Gasteiger charge is 2.53. The summed E-state index contributed by atoms with van der Waals surface area (Å²) in [5.41, 5.74) is 0.899. The summed E-state index contributed by atoms with van der Waals surface area (Å²) >= 11 is 0. The number of hydrogen-bond acceptors (Lipinski definition) is 5. The van der Waals surface area contributed by atoms with E-state index in [1.54, 1.807) is 0 Å². The lowest BCUT2D eigenvalue weighted by molar-refractivity contribution is -0.152. The van der Waals surface area contributed by atoms with Gasteiger partial charge in [-0.1, -0.05) is 5.16 Å². The summed E-state index contributed by atoms with van der Waals surface area (Å²) in [6.45, 7) is 4.26. The van der Waals surface area contributed by atoms with E-state index in [4.69, 9.17) is 14.3 Å². The molecule has 15 heavy (non-hydrogen) atoms. The zero-order valence-electron chi connectivity index (χ0n) is 8.84. The molecule has 2 fully saturated rings. The van der Waals surface area contributed by atoms with Crippen molar-refractivity contribution in [3.63, 3.8) is 0 Å². The lowest BCUT2D eigenvalue weighted by Gasteiger charge is -2.30. The fraction of sp³-hybridized carbons (Fsp3) is 0.900. The standard InChI is InChI=1S/C10H15NO4/c1-10(2)14-8-6(12)3-5-4-13-11-7(5)9(8)15-10/h5-6,8-9,12H,3-4H2,1-2H3/t5-,6+,8-,9+/m0/s1. The molecular weight excluding hydrogens is 198 g/mol. The van der Waals surface area contributed by atoms with Crippen molar-refractivity contribution in [3.8, 4) is 0 Å². The first kappa shape index (κ1) is 9.57. The predicted octanol–water partition coefficient (Wildman–Crippen LogP) is 0.273. The topological polar surface area (TPSA) is 60.3 Å². The number of aliphatic hydroxyl groups excluding tert-OH is 1. The molecule has 84 valence electrons. The van der Waals surface area contributed by atoms with E-state index < -0.39 is 11.9 Å². The van der Waals surface area contributed by atoms with Crippen molar-refractivity contribution in [1.29, 1.82) is 0 Å². The molecule has 0 spiro atoms. The summed E-state index contributed by atoms with van der Waals surface area (Å²) < 4.78 is 11.4. The summed E-state index contributed by atoms with van der Waals surface area (Å²) in [7, 11) is 0. The van der Waals surface area contributed by atoms with E-state index >= 15 is 0 Å². The largest absolute Gasteiger partial charge is 0.395 e. The summed E-state index contributed by atoms with van der Waals surface area (Å²) in [6.07, 6.45) is -0.366. The van der Waals surface area contributed by atoms with E-state index in [1.807, 2.05) is 13.8 Å². The first-order valence-corrected chi connectivity index (χ1v) is 5.30. The van der Waals surface area contributed by atoms with Crippen LogP contribution >= 0.6 is 0 Å². The van der Waals surface area contributed by atoms with E-state index in [1.165, 1.54) is 0 Å². The maximum Gasteiger partial charge on any atom is 0.164 e. The number of fused-ring (bicyclic) bond motifs is 3. The molecule has 0 amide bonds. The van der Waals surface area contributed by atoms with Crippen molar-refractivity contribution in [2.45, 2.75) is 44.4 Å². The minimum absolute atomic E-state index is 0.193. The minimum Gasteiger partial charge on any atom is -0.395 e. The molecule has 2 aliphatic heterocycles. The lowest BCUT2D eigenvalue weighted by Crippen LogP contribution is -2.48. The van der Waals surface area contributed by atoms with Gasteiger partial charge in [-0.15, -0.1) is 0 Å². The van der Waals surface area contributed by atoms with Gasteiger partial charge in [0, 0.05) is 5.92 Å². The van der Waals surface area contributed by atoms with Crippen LogP contribution in [0.4, 0.5) is 0 Å². The second-order valence-electron chi connectivity index (χ2n) is 4.83. The molecule has 0 aromatic heterocycles. The van der Waals surface area contributed by atoms with Crippen molar-refractivity contribution in [2.75, 3.05) is 6.61 Å². The summed E-state index contributed by atoms with van der Waals surface area (Å²) in [5.74, 6) is -0.449. The maximum atomic E-state index is 9.94. The van der Waals surface area contributed by atoms with Crippen LogP contribution in [0.25, 0.3) is 0 Å². The van der Waals surface area contributed by atoms with Gasteiger partial charge in [0.05, 0.1) is 11.8 Å². The first-order chi connectivity index (χ1) is 7.07. The third-order valence-electron chi connectivity index (χ3n) is 3.19. The van der Waals surface area contributed by atoms with Gasteiger partial charge < -0.3 is 19.4 Å². The van der Waals surface area contributed by atoms with Crippen LogP contribution in [0.2, 0.25) is 0 Å². The van der Waals surface area contributed by atoms with E-state index in [0.717, 1.165) is 5.71 Å². The Labute approximate surface area is 88.0 Å². The number of ether oxygens (including phenoxy) is 2. The molecule has 1 saturated heterocycles. The molecule has 1 aliphatic carbocycles. The monoisotopic (exact) mass is 213 g/mol. The van der Waals surface area contributed by atoms with Gasteiger partial charge in [-0.3, -0.25) is 0 Å². The highest BCUT2D eigenvalue weighted by molar-refractivity contribution is 5.93. The fourth-order valence-corrected chi connectivity index (χ4v) is 2.56. The molecule has 3 aliphatic rings. The van der Waals surface area contributed by atoms with Gasteiger partial charge in [-0.2, -0.15) is 0 Å². The molecular formula is C10H15NO4. The number of aliphatic hydroxyl groups is 1. The molecule has 0 aromatic rings. The second kappa shape index (κ2) is 2.93. The van der Waals surface area contributed by atoms with Gasteiger partial charge in [0.2, 0.25) is 0 Å². The van der Waals surface area contributed by atoms with Crippen molar-refractivity contribution in [3.05, 3.63) is 0 Å². The fourth-order valence-electron chi connectivity index (χ4n) is 2.56. The molecule has 4 atom stereocenters. The highest BCUT2D eigenvalue weighted by Crippen LogP contribution is 2.39. The van der Waals surface area contributed by atoms with E-state index in [-0.39, 0.29) is 18.1 Å². The van der Waals surface area contributed by atoms with Gasteiger partial charge in [-0.05, 0) is 20.3 Å². The predicted molar refractivity (Wildman–Crippen MR) is 51.3 cm³/mol. The van der Waals surface area contributed by atoms with Crippen molar-refractivity contribution < 1.29 is 19.4 Å². The van der Waals surface area contributed by atoms with Crippen molar-refractivity contribution >= 4 is 5.71 Å². The van der Waals surface area contributed by atoms with Gasteiger partial charge in [0.1, 0.15) is 18.8 Å². The van der Waals surface area contributed by atoms with Crippen molar-refractivity contribution in [1.82, 2.24) is 0 Å². The molecule has 1 saturated carbocycles. The van der Waals surface area contributed by atoms with E-state index in [0.29, 0.717) is 13.0 Å². The van der Waals surface area contributed by atoms with Crippen LogP contribution in [-0.2, 0) is 14.3 Å². The maximum absolute atomic E-state index is 9.94. The Morgan fingerprint density at radius 3 is 3.00 bits per heavy atom. The Bertz CT molecular complexity index is 315. The number of rotatable bonds is 0. The second-order valence-corrected chi connectivity index (χ2v) is 4.83. The van der Waals surface area contributed by atoms with Crippen LogP contribution in [0.15, 0.2) is 5.16 Å². The Morgan fingerprint density at radius 1 is 1.40 bits per heavy atom. The van der Waals surface area contributed by atoms with Crippen LogP contribution in [0, 0.1) is 5.92 Å². The molecule has 1 N–H and O–H groups in total. The van der Waals surface area contributed by atoms with Crippen LogP contribution in [0.1, 0.15) is 20.3 Å². The third-order valence-corrected chi connectivity index (χ3v) is 3.19. The zero-order valence-corrected chi connectivity index (χ0v) is 8.84. The number of hydrogen-bond donors (Lipinski definition) is 1. The van der Waals surface area contributed by atoms with Crippen LogP contribution in [0.5, 0.6) is 0 Å². The van der Waals surface area contributed by atoms with Gasteiger partial charge in [0.25, 0.3) is 0 Å². The Kier molecular flexibility index (Phi) is 1.87. The molecule has 5 nitrogen and oxygen atoms in total. The minimum atomic E-state index is -0.643. The van der Waals surface area contributed by atoms with Crippen LogP contribution in [0.3, 0.4) is 0 Å². The van der Waals surface area contributed by atoms with Crippen LogP contribution < -0.4 is 0 Å². The third kappa shape index (κ3) is 1.38.